The summed E-state index contributed by atoms with van der Waals surface area (Å²) in [5, 5.41) is 4.22. The molecule has 0 aliphatic carbocycles. The molecule has 0 spiro atoms. The number of ether oxygens (including phenoxy) is 2. The number of nitrogens with zero attached hydrogens (tertiary/aromatic N) is 2. The third-order valence-electron chi connectivity index (χ3n) is 3.75. The highest BCUT2D eigenvalue weighted by molar-refractivity contribution is 5.81. The molecule has 5 nitrogen and oxygen atoms in total. The molecule has 1 saturated heterocycles. The maximum Gasteiger partial charge on any atom is 0.573 e. The summed E-state index contributed by atoms with van der Waals surface area (Å²) in [5.41, 5.74) is 0.926. The van der Waals surface area contributed by atoms with E-state index in [0.717, 1.165) is 19.3 Å². The van der Waals surface area contributed by atoms with Crippen molar-refractivity contribution in [2.45, 2.75) is 31.9 Å². The molecule has 1 unspecified atom stereocenters. The van der Waals surface area contributed by atoms with E-state index in [1.165, 1.54) is 12.1 Å². The van der Waals surface area contributed by atoms with Crippen molar-refractivity contribution in [2.75, 3.05) is 6.61 Å². The summed E-state index contributed by atoms with van der Waals surface area (Å²) in [6.07, 6.45) is 1.45. The molecule has 3 rings (SSSR count). The first-order chi connectivity index (χ1) is 11.5. The van der Waals surface area contributed by atoms with Crippen LogP contribution in [0.25, 0.3) is 11.1 Å². The lowest BCUT2D eigenvalue weighted by molar-refractivity contribution is -0.274. The van der Waals surface area contributed by atoms with Gasteiger partial charge in [0.1, 0.15) is 12.0 Å². The molecular weight excluding hydrogens is 325 g/mol. The topological polar surface area (TPSA) is 53.4 Å². The van der Waals surface area contributed by atoms with Crippen LogP contribution in [-0.2, 0) is 4.74 Å². The second kappa shape index (κ2) is 6.64. The summed E-state index contributed by atoms with van der Waals surface area (Å²) in [6.45, 7) is 0.664. The molecule has 24 heavy (non-hydrogen) atoms. The van der Waals surface area contributed by atoms with Gasteiger partial charge >= 0.3 is 6.36 Å². The van der Waals surface area contributed by atoms with Crippen LogP contribution in [0.2, 0.25) is 0 Å². The number of hydrogen-bond acceptors (Lipinski definition) is 4. The van der Waals surface area contributed by atoms with Gasteiger partial charge in [-0.3, -0.25) is 4.79 Å². The van der Waals surface area contributed by atoms with Crippen LogP contribution in [0.4, 0.5) is 13.2 Å². The number of carbonyl (C=O) groups is 1. The van der Waals surface area contributed by atoms with Gasteiger partial charge in [-0.25, -0.2) is 4.68 Å². The van der Waals surface area contributed by atoms with Crippen LogP contribution in [-0.4, -0.2) is 29.0 Å². The molecule has 1 aromatic carbocycles. The summed E-state index contributed by atoms with van der Waals surface area (Å²) < 4.78 is 48.6. The summed E-state index contributed by atoms with van der Waals surface area (Å²) >= 11 is 0. The molecule has 1 fully saturated rings. The van der Waals surface area contributed by atoms with Crippen LogP contribution in [0.15, 0.2) is 30.6 Å². The Balaban J connectivity index is 1.87. The number of benzene rings is 1. The van der Waals surface area contributed by atoms with E-state index in [1.807, 2.05) is 0 Å². The van der Waals surface area contributed by atoms with E-state index >= 15 is 0 Å². The molecule has 0 N–H and O–H groups in total. The zero-order chi connectivity index (χ0) is 17.2. The Hall–Kier alpha value is -2.35. The number of carbonyl (C=O) groups excluding carboxylic acids is 1. The smallest absolute Gasteiger partial charge is 0.405 e. The third kappa shape index (κ3) is 3.76. The summed E-state index contributed by atoms with van der Waals surface area (Å²) in [6, 6.07) is 4.02. The lowest BCUT2D eigenvalue weighted by Gasteiger charge is -2.22. The molecule has 2 heterocycles. The Kier molecular flexibility index (Phi) is 4.57. The van der Waals surface area contributed by atoms with Gasteiger partial charge in [-0.2, -0.15) is 5.10 Å². The van der Waals surface area contributed by atoms with Gasteiger partial charge in [0.25, 0.3) is 0 Å². The molecular formula is C16H15F3N2O3. The molecule has 1 atom stereocenters. The normalized spacial score (nSPS) is 18.4. The second-order valence-electron chi connectivity index (χ2n) is 5.45. The molecule has 128 valence electrons. The van der Waals surface area contributed by atoms with Gasteiger partial charge in [0.15, 0.2) is 6.29 Å². The van der Waals surface area contributed by atoms with E-state index in [0.29, 0.717) is 24.0 Å². The molecule has 0 saturated carbocycles. The fourth-order valence-corrected chi connectivity index (χ4v) is 2.60. The number of aromatic nitrogens is 2. The predicted molar refractivity (Wildman–Crippen MR) is 78.6 cm³/mol. The first kappa shape index (κ1) is 16.5. The minimum atomic E-state index is -4.86. The van der Waals surface area contributed by atoms with Gasteiger partial charge < -0.3 is 9.47 Å². The van der Waals surface area contributed by atoms with Crippen molar-refractivity contribution in [1.82, 2.24) is 9.78 Å². The predicted octanol–water partition coefficient (Wildman–Crippen LogP) is 3.96. The van der Waals surface area contributed by atoms with Crippen LogP contribution in [0.5, 0.6) is 5.75 Å². The van der Waals surface area contributed by atoms with Crippen molar-refractivity contribution in [3.63, 3.8) is 0 Å². The first-order valence-electron chi connectivity index (χ1n) is 7.47. The Labute approximate surface area is 136 Å². The molecule has 8 heteroatoms. The second-order valence-corrected chi connectivity index (χ2v) is 5.45. The van der Waals surface area contributed by atoms with Crippen molar-refractivity contribution >= 4 is 6.29 Å². The number of hydrogen-bond donors (Lipinski definition) is 0. The fraction of sp³-hybridized carbons (Fsp3) is 0.375. The van der Waals surface area contributed by atoms with Crippen LogP contribution in [0.3, 0.4) is 0 Å². The molecule has 2 aromatic rings. The molecule has 0 radical (unpaired) electrons. The number of alkyl halides is 3. The highest BCUT2D eigenvalue weighted by Crippen LogP contribution is 2.31. The maximum absolute atomic E-state index is 12.5. The maximum atomic E-state index is 12.5. The molecule has 1 aliphatic heterocycles. The lowest BCUT2D eigenvalue weighted by Crippen LogP contribution is -2.18. The van der Waals surface area contributed by atoms with Gasteiger partial charge in [0, 0.05) is 18.4 Å². The summed E-state index contributed by atoms with van der Waals surface area (Å²) in [5.74, 6) is -0.531. The van der Waals surface area contributed by atoms with E-state index in [2.05, 4.69) is 9.84 Å². The molecule has 0 amide bonds. The monoisotopic (exact) mass is 340 g/mol. The minimum Gasteiger partial charge on any atom is -0.405 e. The van der Waals surface area contributed by atoms with Gasteiger partial charge in [-0.05, 0) is 37.0 Å². The summed E-state index contributed by atoms with van der Waals surface area (Å²) in [4.78, 5) is 10.9. The first-order valence-corrected chi connectivity index (χ1v) is 7.47. The van der Waals surface area contributed by atoms with Crippen molar-refractivity contribution in [3.8, 4) is 16.9 Å². The van der Waals surface area contributed by atoms with E-state index in [-0.39, 0.29) is 11.8 Å². The average Bonchev–Trinajstić information content (AvgIpc) is 3.04. The quantitative estimate of drug-likeness (QED) is 0.791. The van der Waals surface area contributed by atoms with E-state index in [1.54, 1.807) is 23.1 Å². The SMILES string of the molecule is O=Cc1ccc(-c2cnn(C3CCCCO3)c2)cc1OC(F)(F)F. The largest absolute Gasteiger partial charge is 0.573 e. The highest BCUT2D eigenvalue weighted by Gasteiger charge is 2.32. The number of rotatable bonds is 4. The van der Waals surface area contributed by atoms with Crippen molar-refractivity contribution < 1.29 is 27.4 Å². The molecule has 0 bridgehead atoms. The average molecular weight is 340 g/mol. The van der Waals surface area contributed by atoms with Gasteiger partial charge in [-0.1, -0.05) is 6.07 Å². The van der Waals surface area contributed by atoms with Crippen LogP contribution >= 0.6 is 0 Å². The van der Waals surface area contributed by atoms with Crippen LogP contribution in [0, 0.1) is 0 Å². The van der Waals surface area contributed by atoms with E-state index in [9.17, 15) is 18.0 Å². The van der Waals surface area contributed by atoms with Crippen LogP contribution in [0.1, 0.15) is 35.8 Å². The molecule has 1 aliphatic rings. The number of halogens is 3. The van der Waals surface area contributed by atoms with E-state index < -0.39 is 12.1 Å². The van der Waals surface area contributed by atoms with Crippen molar-refractivity contribution in [3.05, 3.63) is 36.2 Å². The Morgan fingerprint density at radius 2 is 2.12 bits per heavy atom. The zero-order valence-electron chi connectivity index (χ0n) is 12.6. The van der Waals surface area contributed by atoms with Crippen molar-refractivity contribution in [2.24, 2.45) is 0 Å². The molecule has 1 aromatic heterocycles. The third-order valence-corrected chi connectivity index (χ3v) is 3.75. The van der Waals surface area contributed by atoms with Gasteiger partial charge in [0.05, 0.1) is 11.8 Å². The Morgan fingerprint density at radius 1 is 1.29 bits per heavy atom. The van der Waals surface area contributed by atoms with Crippen LogP contribution < -0.4 is 4.74 Å². The minimum absolute atomic E-state index is 0.160. The van der Waals surface area contributed by atoms with Gasteiger partial charge in [-0.15, -0.1) is 13.2 Å². The number of aldehydes is 1. The summed E-state index contributed by atoms with van der Waals surface area (Å²) in [7, 11) is 0. The Bertz CT molecular complexity index is 722. The van der Waals surface area contributed by atoms with Gasteiger partial charge in [0.2, 0.25) is 0 Å². The van der Waals surface area contributed by atoms with E-state index in [4.69, 9.17) is 4.74 Å². The highest BCUT2D eigenvalue weighted by atomic mass is 19.4. The fourth-order valence-electron chi connectivity index (χ4n) is 2.60. The van der Waals surface area contributed by atoms with Crippen molar-refractivity contribution in [1.29, 1.82) is 0 Å². The standard InChI is InChI=1S/C16H15F3N2O3/c17-16(18,19)24-14-7-11(4-5-12(14)10-22)13-8-20-21(9-13)15-3-1-2-6-23-15/h4-5,7-10,15H,1-3,6H2. The zero-order valence-corrected chi connectivity index (χ0v) is 12.6. The Morgan fingerprint density at radius 3 is 2.79 bits per heavy atom. The lowest BCUT2D eigenvalue weighted by atomic mass is 10.1.